The summed E-state index contributed by atoms with van der Waals surface area (Å²) in [6.45, 7) is 16.2. The van der Waals surface area contributed by atoms with E-state index >= 15 is 0 Å². The van der Waals surface area contributed by atoms with E-state index in [0.29, 0.717) is 5.70 Å². The van der Waals surface area contributed by atoms with Gasteiger partial charge in [-0.05, 0) is 34.7 Å². The van der Waals surface area contributed by atoms with Gasteiger partial charge in [0.25, 0.3) is 5.91 Å². The van der Waals surface area contributed by atoms with E-state index in [0.717, 1.165) is 12.0 Å². The Balaban J connectivity index is 2.05. The van der Waals surface area contributed by atoms with E-state index in [1.807, 2.05) is 49.4 Å². The third kappa shape index (κ3) is 5.61. The molecule has 0 bridgehead atoms. The number of hydrogen-bond acceptors (Lipinski definition) is 6. The van der Waals surface area contributed by atoms with Gasteiger partial charge < -0.3 is 24.7 Å². The molecule has 3 rings (SSSR count). The van der Waals surface area contributed by atoms with Crippen molar-refractivity contribution < 1.29 is 29.0 Å². The summed E-state index contributed by atoms with van der Waals surface area (Å²) in [5.74, 6) is -2.64. The standard InChI is InChI=1S/C30H45NO6Si/c1-9-10-16-24-26(36-24)25(32)21(8)27(33)30(35)28(37-38(18(2)3,19(4)5)20(6)7)23(31-29(30)34)17-22-14-12-11-13-15-22/h10-21,24-26,28,32,35H,9H2,1-8H3,(H,31,34)/b16-10-,23-17-/t21?,24-,25?,26+,28-,30+/m0/s1. The Hall–Kier alpha value is -2.10. The number of allylic oxidation sites excluding steroid dienone is 1. The van der Waals surface area contributed by atoms with E-state index in [-0.39, 0.29) is 22.7 Å². The first-order valence-electron chi connectivity index (χ1n) is 13.8. The van der Waals surface area contributed by atoms with Gasteiger partial charge in [0.2, 0.25) is 13.9 Å². The number of amides is 1. The average molecular weight is 544 g/mol. The van der Waals surface area contributed by atoms with Gasteiger partial charge in [0, 0.05) is 5.92 Å². The van der Waals surface area contributed by atoms with Crippen molar-refractivity contribution in [1.29, 1.82) is 0 Å². The van der Waals surface area contributed by atoms with Gasteiger partial charge in [-0.15, -0.1) is 0 Å². The first-order valence-corrected chi connectivity index (χ1v) is 16.0. The van der Waals surface area contributed by atoms with Crippen LogP contribution in [-0.2, 0) is 18.8 Å². The molecular formula is C30H45NO6Si. The number of rotatable bonds is 12. The molecule has 1 amide bonds. The van der Waals surface area contributed by atoms with Crippen LogP contribution in [0.3, 0.4) is 0 Å². The lowest BCUT2D eigenvalue weighted by molar-refractivity contribution is -0.160. The summed E-state index contributed by atoms with van der Waals surface area (Å²) >= 11 is 0. The Morgan fingerprint density at radius 3 is 2.21 bits per heavy atom. The number of carbonyl (C=O) groups excluding carboxylic acids is 2. The first-order chi connectivity index (χ1) is 17.8. The van der Waals surface area contributed by atoms with Crippen LogP contribution in [0.4, 0.5) is 0 Å². The lowest BCUT2D eigenvalue weighted by Gasteiger charge is -2.45. The number of epoxide rings is 1. The zero-order valence-corrected chi connectivity index (χ0v) is 25.0. The van der Waals surface area contributed by atoms with Crippen LogP contribution in [-0.4, -0.2) is 60.2 Å². The minimum atomic E-state index is -2.65. The number of hydrogen-bond donors (Lipinski definition) is 3. The fourth-order valence-corrected chi connectivity index (χ4v) is 11.6. The van der Waals surface area contributed by atoms with Gasteiger partial charge in [0.1, 0.15) is 18.3 Å². The molecule has 0 aliphatic carbocycles. The van der Waals surface area contributed by atoms with Crippen LogP contribution in [0.5, 0.6) is 0 Å². The van der Waals surface area contributed by atoms with Crippen molar-refractivity contribution in [3.05, 3.63) is 53.7 Å². The summed E-state index contributed by atoms with van der Waals surface area (Å²) in [6.07, 6.45) is 3.17. The lowest BCUT2D eigenvalue weighted by atomic mass is 9.82. The van der Waals surface area contributed by atoms with E-state index in [4.69, 9.17) is 9.16 Å². The van der Waals surface area contributed by atoms with Crippen molar-refractivity contribution in [3.63, 3.8) is 0 Å². The number of benzene rings is 1. The number of nitrogens with one attached hydrogen (secondary N) is 1. The normalized spacial score (nSPS) is 28.5. The maximum absolute atomic E-state index is 13.9. The van der Waals surface area contributed by atoms with Crippen molar-refractivity contribution in [2.24, 2.45) is 5.92 Å². The topological polar surface area (TPSA) is 108 Å². The minimum Gasteiger partial charge on any atom is -0.404 e. The summed E-state index contributed by atoms with van der Waals surface area (Å²) < 4.78 is 12.5. The lowest BCUT2D eigenvalue weighted by Crippen LogP contribution is -2.61. The maximum Gasteiger partial charge on any atom is 0.267 e. The minimum absolute atomic E-state index is 0.157. The number of ether oxygens (including phenoxy) is 1. The van der Waals surface area contributed by atoms with E-state index < -0.39 is 49.8 Å². The average Bonchev–Trinajstić information content (AvgIpc) is 3.60. The molecule has 2 fully saturated rings. The van der Waals surface area contributed by atoms with Crippen LogP contribution in [0.25, 0.3) is 6.08 Å². The van der Waals surface area contributed by atoms with Crippen LogP contribution in [0.15, 0.2) is 48.2 Å². The predicted octanol–water partition coefficient (Wildman–Crippen LogP) is 4.75. The molecule has 8 heteroatoms. The molecule has 2 unspecified atom stereocenters. The molecule has 0 saturated carbocycles. The molecule has 6 atom stereocenters. The second kappa shape index (κ2) is 12.0. The number of aliphatic hydroxyl groups excluding tert-OH is 1. The second-order valence-electron chi connectivity index (χ2n) is 11.6. The van der Waals surface area contributed by atoms with Crippen molar-refractivity contribution in [3.8, 4) is 0 Å². The van der Waals surface area contributed by atoms with Gasteiger partial charge >= 0.3 is 0 Å². The summed E-state index contributed by atoms with van der Waals surface area (Å²) in [7, 11) is -2.65. The van der Waals surface area contributed by atoms with E-state index in [1.54, 1.807) is 6.08 Å². The molecule has 210 valence electrons. The van der Waals surface area contributed by atoms with Gasteiger partial charge in [-0.1, -0.05) is 97.9 Å². The van der Waals surface area contributed by atoms with Crippen LogP contribution in [0.1, 0.15) is 67.4 Å². The van der Waals surface area contributed by atoms with Gasteiger partial charge in [-0.25, -0.2) is 0 Å². The first kappa shape index (κ1) is 30.4. The fraction of sp³-hybridized carbons (Fsp3) is 0.600. The third-order valence-corrected chi connectivity index (χ3v) is 14.2. The molecule has 0 radical (unpaired) electrons. The molecule has 1 aromatic rings. The maximum atomic E-state index is 13.9. The third-order valence-electron chi connectivity index (χ3n) is 8.18. The summed E-state index contributed by atoms with van der Waals surface area (Å²) in [5.41, 5.74) is -0.853. The number of aliphatic hydroxyl groups is 2. The van der Waals surface area contributed by atoms with Gasteiger partial charge in [0.05, 0.1) is 11.8 Å². The molecule has 0 aromatic heterocycles. The van der Waals surface area contributed by atoms with Crippen molar-refractivity contribution in [1.82, 2.24) is 5.32 Å². The molecule has 3 N–H and O–H groups in total. The Morgan fingerprint density at radius 2 is 1.68 bits per heavy atom. The number of ketones is 1. The SMILES string of the molecule is CC/C=C\[C@@H]1O[C@H]1C(O)C(C)C(=O)[C@]1(O)C(=O)N/C(=C\c2ccccc2)[C@@H]1O[Si](C(C)C)(C(C)C)C(C)C. The Labute approximate surface area is 228 Å². The summed E-state index contributed by atoms with van der Waals surface area (Å²) in [5, 5.41) is 25.7. The predicted molar refractivity (Wildman–Crippen MR) is 152 cm³/mol. The van der Waals surface area contributed by atoms with Gasteiger partial charge in [0.15, 0.2) is 5.78 Å². The van der Waals surface area contributed by atoms with Crippen molar-refractivity contribution >= 4 is 26.1 Å². The van der Waals surface area contributed by atoms with E-state index in [9.17, 15) is 19.8 Å². The van der Waals surface area contributed by atoms with Gasteiger partial charge in [-0.2, -0.15) is 0 Å². The molecular weight excluding hydrogens is 498 g/mol. The Kier molecular flexibility index (Phi) is 9.58. The number of Topliss-reactive ketones (excluding diaryl/α,β-unsaturated/α-hetero) is 1. The monoisotopic (exact) mass is 543 g/mol. The highest BCUT2D eigenvalue weighted by Gasteiger charge is 2.63. The second-order valence-corrected chi connectivity index (χ2v) is 17.0. The largest absolute Gasteiger partial charge is 0.404 e. The molecule has 7 nitrogen and oxygen atoms in total. The molecule has 38 heavy (non-hydrogen) atoms. The quantitative estimate of drug-likeness (QED) is 0.152. The summed E-state index contributed by atoms with van der Waals surface area (Å²) in [6, 6.07) is 9.41. The van der Waals surface area contributed by atoms with Crippen molar-refractivity contribution in [2.75, 3.05) is 0 Å². The van der Waals surface area contributed by atoms with E-state index in [2.05, 4.69) is 46.9 Å². The summed E-state index contributed by atoms with van der Waals surface area (Å²) in [4.78, 5) is 27.4. The molecule has 2 heterocycles. The molecule has 1 aromatic carbocycles. The van der Waals surface area contributed by atoms with Crippen molar-refractivity contribution in [2.45, 2.75) is 108 Å². The van der Waals surface area contributed by atoms with Gasteiger partial charge in [-0.3, -0.25) is 9.59 Å². The van der Waals surface area contributed by atoms with Crippen LogP contribution < -0.4 is 5.32 Å². The highest BCUT2D eigenvalue weighted by atomic mass is 28.4. The highest BCUT2D eigenvalue weighted by molar-refractivity contribution is 6.77. The van der Waals surface area contributed by atoms with E-state index in [1.165, 1.54) is 6.92 Å². The molecule has 2 aliphatic heterocycles. The molecule has 2 aliphatic rings. The fourth-order valence-electron chi connectivity index (χ4n) is 6.10. The zero-order chi connectivity index (χ0) is 28.4. The molecule has 0 spiro atoms. The molecule has 2 saturated heterocycles. The smallest absolute Gasteiger partial charge is 0.267 e. The Morgan fingerprint density at radius 1 is 1.11 bits per heavy atom. The number of carbonyl (C=O) groups is 2. The van der Waals surface area contributed by atoms with Crippen LogP contribution in [0.2, 0.25) is 16.6 Å². The zero-order valence-electron chi connectivity index (χ0n) is 24.0. The van der Waals surface area contributed by atoms with Crippen LogP contribution >= 0.6 is 0 Å². The Bertz CT molecular complexity index is 1030. The van der Waals surface area contributed by atoms with Crippen LogP contribution in [0, 0.1) is 5.92 Å². The highest BCUT2D eigenvalue weighted by Crippen LogP contribution is 2.46.